The van der Waals surface area contributed by atoms with E-state index in [1.807, 2.05) is 0 Å². The molecule has 2 aromatic rings. The second-order valence-electron chi connectivity index (χ2n) is 4.21. The molecule has 2 heterocycles. The fourth-order valence-corrected chi connectivity index (χ4v) is 3.38. The number of benzene rings is 1. The lowest BCUT2D eigenvalue weighted by atomic mass is 10.2. The first-order chi connectivity index (χ1) is 10.0. The molecule has 1 aliphatic heterocycles. The number of hydrogen-bond acceptors (Lipinski definition) is 4. The number of carbonyl (C=O) groups excluding carboxylic acids is 1. The molecule has 1 amide bonds. The van der Waals surface area contributed by atoms with Gasteiger partial charge in [0.1, 0.15) is 15.8 Å². The summed E-state index contributed by atoms with van der Waals surface area (Å²) in [6, 6.07) is 8.74. The van der Waals surface area contributed by atoms with Gasteiger partial charge in [0.05, 0.1) is 4.91 Å². The molecule has 1 aliphatic rings. The lowest BCUT2D eigenvalue weighted by Gasteiger charge is -1.99. The minimum atomic E-state index is -0.214. The van der Waals surface area contributed by atoms with Crippen molar-refractivity contribution in [1.29, 1.82) is 0 Å². The monoisotopic (exact) mass is 355 g/mol. The highest BCUT2D eigenvalue weighted by molar-refractivity contribution is 8.26. The largest absolute Gasteiger partial charge is 0.457 e. The number of nitrogens with one attached hydrogen (secondary N) is 1. The van der Waals surface area contributed by atoms with E-state index < -0.39 is 0 Å². The zero-order chi connectivity index (χ0) is 15.0. The SMILES string of the molecule is O=C1NC(=S)S/C1=C/c1ccc(-c2cc(Cl)cc(Cl)c2)o1. The molecule has 1 aromatic carbocycles. The molecular formula is C14H7Cl2NO2S2. The van der Waals surface area contributed by atoms with E-state index >= 15 is 0 Å². The van der Waals surface area contributed by atoms with Crippen molar-refractivity contribution in [3.05, 3.63) is 51.0 Å². The number of rotatable bonds is 2. The zero-order valence-corrected chi connectivity index (χ0v) is 13.5. The minimum absolute atomic E-state index is 0.214. The van der Waals surface area contributed by atoms with Crippen LogP contribution in [0.4, 0.5) is 0 Å². The molecule has 106 valence electrons. The molecule has 1 N–H and O–H groups in total. The van der Waals surface area contributed by atoms with E-state index in [9.17, 15) is 4.79 Å². The Morgan fingerprint density at radius 1 is 1.19 bits per heavy atom. The van der Waals surface area contributed by atoms with Gasteiger partial charge in [-0.1, -0.05) is 47.2 Å². The van der Waals surface area contributed by atoms with E-state index in [0.29, 0.717) is 30.8 Å². The first-order valence-corrected chi connectivity index (χ1v) is 7.80. The van der Waals surface area contributed by atoms with Gasteiger partial charge in [0, 0.05) is 21.7 Å². The average Bonchev–Trinajstić information content (AvgIpc) is 2.96. The molecule has 1 aromatic heterocycles. The van der Waals surface area contributed by atoms with Crippen molar-refractivity contribution in [2.45, 2.75) is 0 Å². The summed E-state index contributed by atoms with van der Waals surface area (Å²) < 4.78 is 6.14. The number of amides is 1. The lowest BCUT2D eigenvalue weighted by molar-refractivity contribution is -0.115. The summed E-state index contributed by atoms with van der Waals surface area (Å²) in [5, 5.41) is 3.62. The third-order valence-corrected chi connectivity index (χ3v) is 4.29. The number of thiocarbonyl (C=S) groups is 1. The van der Waals surface area contributed by atoms with Gasteiger partial charge >= 0.3 is 0 Å². The van der Waals surface area contributed by atoms with Crippen LogP contribution in [0.15, 0.2) is 39.7 Å². The number of furan rings is 1. The summed E-state index contributed by atoms with van der Waals surface area (Å²) in [7, 11) is 0. The highest BCUT2D eigenvalue weighted by Crippen LogP contribution is 2.31. The van der Waals surface area contributed by atoms with Crippen molar-refractivity contribution in [2.75, 3.05) is 0 Å². The summed E-state index contributed by atoms with van der Waals surface area (Å²) in [4.78, 5) is 12.1. The van der Waals surface area contributed by atoms with Gasteiger partial charge in [-0.2, -0.15) is 0 Å². The van der Waals surface area contributed by atoms with Crippen LogP contribution < -0.4 is 5.32 Å². The van der Waals surface area contributed by atoms with Crippen molar-refractivity contribution >= 4 is 63.5 Å². The highest BCUT2D eigenvalue weighted by Gasteiger charge is 2.22. The van der Waals surface area contributed by atoms with E-state index in [4.69, 9.17) is 39.8 Å². The number of carbonyl (C=O) groups is 1. The Morgan fingerprint density at radius 2 is 1.90 bits per heavy atom. The van der Waals surface area contributed by atoms with Crippen LogP contribution in [0.3, 0.4) is 0 Å². The maximum Gasteiger partial charge on any atom is 0.263 e. The van der Waals surface area contributed by atoms with Crippen LogP contribution in [0.25, 0.3) is 17.4 Å². The Labute approximate surface area is 140 Å². The predicted molar refractivity (Wildman–Crippen MR) is 90.5 cm³/mol. The van der Waals surface area contributed by atoms with E-state index in [0.717, 1.165) is 5.56 Å². The van der Waals surface area contributed by atoms with Gasteiger partial charge in [0.15, 0.2) is 0 Å². The van der Waals surface area contributed by atoms with Crippen LogP contribution in [-0.2, 0) is 4.79 Å². The van der Waals surface area contributed by atoms with Gasteiger partial charge in [-0.25, -0.2) is 0 Å². The molecule has 3 nitrogen and oxygen atoms in total. The van der Waals surface area contributed by atoms with Gasteiger partial charge in [-0.05, 0) is 30.3 Å². The smallest absolute Gasteiger partial charge is 0.263 e. The van der Waals surface area contributed by atoms with Crippen molar-refractivity contribution < 1.29 is 9.21 Å². The van der Waals surface area contributed by atoms with E-state index in [-0.39, 0.29) is 5.91 Å². The number of hydrogen-bond donors (Lipinski definition) is 1. The van der Waals surface area contributed by atoms with E-state index in [1.54, 1.807) is 36.4 Å². The average molecular weight is 356 g/mol. The quantitative estimate of drug-likeness (QED) is 0.623. The van der Waals surface area contributed by atoms with Crippen LogP contribution in [0.1, 0.15) is 5.76 Å². The molecule has 3 rings (SSSR count). The second-order valence-corrected chi connectivity index (χ2v) is 6.80. The minimum Gasteiger partial charge on any atom is -0.457 e. The summed E-state index contributed by atoms with van der Waals surface area (Å²) in [5.41, 5.74) is 0.774. The van der Waals surface area contributed by atoms with Gasteiger partial charge in [0.2, 0.25) is 0 Å². The van der Waals surface area contributed by atoms with Crippen molar-refractivity contribution in [3.8, 4) is 11.3 Å². The third kappa shape index (κ3) is 3.32. The van der Waals surface area contributed by atoms with Gasteiger partial charge < -0.3 is 9.73 Å². The topological polar surface area (TPSA) is 42.2 Å². The molecule has 0 bridgehead atoms. The fraction of sp³-hybridized carbons (Fsp3) is 0. The molecule has 0 atom stereocenters. The van der Waals surface area contributed by atoms with Gasteiger partial charge in [0.25, 0.3) is 5.91 Å². The van der Waals surface area contributed by atoms with Crippen molar-refractivity contribution in [3.63, 3.8) is 0 Å². The Morgan fingerprint density at radius 3 is 2.52 bits per heavy atom. The Balaban J connectivity index is 1.92. The Hall–Kier alpha value is -1.27. The molecule has 0 unspecified atom stereocenters. The van der Waals surface area contributed by atoms with Crippen LogP contribution in [0, 0.1) is 0 Å². The molecule has 1 fully saturated rings. The Kier molecular flexibility index (Phi) is 4.08. The lowest BCUT2D eigenvalue weighted by Crippen LogP contribution is -2.17. The fourth-order valence-electron chi connectivity index (χ4n) is 1.83. The summed E-state index contributed by atoms with van der Waals surface area (Å²) >= 11 is 18.1. The first-order valence-electron chi connectivity index (χ1n) is 5.82. The standard InChI is InChI=1S/C14H7Cl2NO2S2/c15-8-3-7(4-9(16)5-8)11-2-1-10(19-11)6-12-13(18)17-14(20)21-12/h1-6H,(H,17,18,20)/b12-6+. The first kappa shape index (κ1) is 14.7. The van der Waals surface area contributed by atoms with E-state index in [2.05, 4.69) is 5.32 Å². The maximum absolute atomic E-state index is 11.6. The number of thioether (sulfide) groups is 1. The Bertz CT molecular complexity index is 763. The van der Waals surface area contributed by atoms with Gasteiger partial charge in [-0.3, -0.25) is 4.79 Å². The highest BCUT2D eigenvalue weighted by atomic mass is 35.5. The molecule has 0 aliphatic carbocycles. The predicted octanol–water partition coefficient (Wildman–Crippen LogP) is 4.74. The second kappa shape index (κ2) is 5.85. The van der Waals surface area contributed by atoms with E-state index in [1.165, 1.54) is 11.8 Å². The summed E-state index contributed by atoms with van der Waals surface area (Å²) in [6.45, 7) is 0. The van der Waals surface area contributed by atoms with Crippen LogP contribution in [0.2, 0.25) is 10.0 Å². The van der Waals surface area contributed by atoms with Crippen LogP contribution >= 0.6 is 47.2 Å². The molecule has 0 spiro atoms. The zero-order valence-electron chi connectivity index (χ0n) is 10.4. The van der Waals surface area contributed by atoms with Crippen LogP contribution in [-0.4, -0.2) is 10.2 Å². The molecule has 0 radical (unpaired) electrons. The molecule has 0 saturated carbocycles. The molecule has 7 heteroatoms. The third-order valence-electron chi connectivity index (χ3n) is 2.69. The molecule has 1 saturated heterocycles. The maximum atomic E-state index is 11.6. The van der Waals surface area contributed by atoms with Crippen molar-refractivity contribution in [1.82, 2.24) is 5.32 Å². The summed E-state index contributed by atoms with van der Waals surface area (Å²) in [6.07, 6.45) is 1.65. The summed E-state index contributed by atoms with van der Waals surface area (Å²) in [5.74, 6) is 0.967. The van der Waals surface area contributed by atoms with Crippen molar-refractivity contribution in [2.24, 2.45) is 0 Å². The normalized spacial score (nSPS) is 16.6. The molecular weight excluding hydrogens is 349 g/mol. The van der Waals surface area contributed by atoms with Gasteiger partial charge in [-0.15, -0.1) is 0 Å². The number of halogens is 2. The molecule has 21 heavy (non-hydrogen) atoms. The van der Waals surface area contributed by atoms with Crippen LogP contribution in [0.5, 0.6) is 0 Å².